The van der Waals surface area contributed by atoms with Crippen molar-refractivity contribution >= 4 is 30.0 Å². The molecule has 20 bridgehead atoms. The van der Waals surface area contributed by atoms with Crippen LogP contribution in [0.4, 0.5) is 0 Å². The Kier molecular flexibility index (Phi) is 28.9. The summed E-state index contributed by atoms with van der Waals surface area (Å²) >= 11 is 0. The van der Waals surface area contributed by atoms with Crippen molar-refractivity contribution in [2.24, 2.45) is 126 Å². The lowest BCUT2D eigenvalue weighted by Gasteiger charge is -2.56. The molecule has 20 aliphatic carbocycles. The number of ether oxygens (including phenoxy) is 12. The van der Waals surface area contributed by atoms with Crippen LogP contribution in [0.3, 0.4) is 0 Å². The van der Waals surface area contributed by atoms with Crippen molar-refractivity contribution in [1.29, 1.82) is 0 Å². The Morgan fingerprint density at radius 1 is 0.271 bits per heavy atom. The molecule has 22 nitrogen and oxygen atoms in total. The van der Waals surface area contributed by atoms with Crippen molar-refractivity contribution in [2.45, 2.75) is 224 Å². The zero-order chi connectivity index (χ0) is 74.4. The zero-order valence-corrected chi connectivity index (χ0v) is 64.8. The van der Waals surface area contributed by atoms with E-state index in [1.54, 1.807) is 6.08 Å². The molecule has 0 radical (unpaired) electrons. The van der Waals surface area contributed by atoms with Crippen molar-refractivity contribution in [1.82, 2.24) is 0 Å². The van der Waals surface area contributed by atoms with E-state index in [1.165, 1.54) is 116 Å². The second kappa shape index (κ2) is 37.8. The van der Waals surface area contributed by atoms with Gasteiger partial charge in [0.25, 0.3) is 0 Å². The van der Waals surface area contributed by atoms with E-state index in [9.17, 15) is 24.0 Å². The third kappa shape index (κ3) is 22.4. The minimum absolute atomic E-state index is 0.0521. The number of carbonyl (C=O) groups is 4. The van der Waals surface area contributed by atoms with E-state index < -0.39 is 10.8 Å². The number of carbonyl (C=O) groups excluding carboxylic acids is 5. The summed E-state index contributed by atoms with van der Waals surface area (Å²) in [7, 11) is 0. The molecule has 0 atom stereocenters. The second-order valence-electron chi connectivity index (χ2n) is 38.9. The summed E-state index contributed by atoms with van der Waals surface area (Å²) < 4.78 is 70.3. The van der Waals surface area contributed by atoms with Gasteiger partial charge in [-0.05, 0) is 303 Å². The third-order valence-electron chi connectivity index (χ3n) is 29.2. The molecule has 0 aromatic carbocycles. The Bertz CT molecular complexity index is 2390. The molecule has 0 amide bonds. The summed E-state index contributed by atoms with van der Waals surface area (Å²) in [6.45, 7) is 3.47. The van der Waals surface area contributed by atoms with E-state index in [4.69, 9.17) is 77.3 Å². The maximum absolute atomic E-state index is 13.3. The molecule has 20 aliphatic rings. The minimum atomic E-state index is -0.821. The van der Waals surface area contributed by atoms with Crippen LogP contribution in [0.25, 0.3) is 0 Å². The van der Waals surface area contributed by atoms with Crippen LogP contribution in [0, 0.1) is 121 Å². The van der Waals surface area contributed by atoms with Gasteiger partial charge < -0.3 is 77.3 Å². The first-order chi connectivity index (χ1) is 51.9. The number of hydrogen-bond donors (Lipinski definition) is 4. The molecular formula is C85H135NO21. The fourth-order valence-electron chi connectivity index (χ4n) is 27.7. The van der Waals surface area contributed by atoms with Gasteiger partial charge in [0, 0.05) is 0 Å². The molecule has 0 aromatic heterocycles. The lowest BCUT2D eigenvalue weighted by molar-refractivity contribution is -0.157. The van der Waals surface area contributed by atoms with Crippen LogP contribution in [-0.2, 0) is 80.8 Å². The molecule has 0 aliphatic heterocycles. The van der Waals surface area contributed by atoms with Crippen LogP contribution >= 0.6 is 0 Å². The van der Waals surface area contributed by atoms with Crippen LogP contribution in [0.2, 0.25) is 0 Å². The highest BCUT2D eigenvalue weighted by Crippen LogP contribution is 2.65. The fraction of sp³-hybridized carbons (Fsp3) is 0.941. The van der Waals surface area contributed by atoms with Gasteiger partial charge in [-0.3, -0.25) is 19.2 Å². The molecule has 0 aromatic rings. The Hall–Kier alpha value is -3.22. The van der Waals surface area contributed by atoms with E-state index in [-0.39, 0.29) is 210 Å². The predicted octanol–water partition coefficient (Wildman–Crippen LogP) is 10.9. The first kappa shape index (κ1) is 81.8. The minimum Gasteiger partial charge on any atom is -0.463 e. The van der Waals surface area contributed by atoms with Crippen molar-refractivity contribution in [3.05, 3.63) is 0 Å². The maximum Gasteiger partial charge on any atom is 0.306 e. The Morgan fingerprint density at radius 3 is 0.607 bits per heavy atom. The largest absolute Gasteiger partial charge is 0.463 e. The summed E-state index contributed by atoms with van der Waals surface area (Å²) in [4.78, 5) is 67.8. The van der Waals surface area contributed by atoms with Crippen molar-refractivity contribution in [2.75, 3.05) is 159 Å². The number of isocyanates is 1. The summed E-state index contributed by atoms with van der Waals surface area (Å²) in [5, 5.41) is 35.2. The van der Waals surface area contributed by atoms with Gasteiger partial charge >= 0.3 is 23.9 Å². The number of aliphatic imine (C=N–C) groups is 1. The van der Waals surface area contributed by atoms with Gasteiger partial charge in [0.2, 0.25) is 6.08 Å². The summed E-state index contributed by atoms with van der Waals surface area (Å²) in [6, 6.07) is 0. The number of nitrogens with zero attached hydrogens (tertiary/aromatic N) is 1. The molecule has 606 valence electrons. The molecule has 107 heavy (non-hydrogen) atoms. The van der Waals surface area contributed by atoms with E-state index >= 15 is 0 Å². The Labute approximate surface area is 637 Å². The SMILES string of the molecule is O=C(CC12CC3CC(CC(C3)C1)C2)OCCOCC(COCCOC(=O)CC12CC3CC(CC(C3)C1)C2)(COCCOC(=O)CC12CC3CC(CC(C3)C1)C2)COCCOC(=O)CC12CC3CC(CC(C3)C1)C2.O=C=NC12CC3CC(CC(C3)C1)C2.OCCOCC(COCCO)(COCCO)COCCO. The third-order valence-corrected chi connectivity index (χ3v) is 29.2. The number of esters is 4. The lowest BCUT2D eigenvalue weighted by atomic mass is 9.49. The highest BCUT2D eigenvalue weighted by Gasteiger charge is 2.57. The van der Waals surface area contributed by atoms with Gasteiger partial charge in [-0.25, -0.2) is 4.79 Å². The monoisotopic (exact) mass is 1510 g/mol. The molecular weight excluding hydrogens is 1370 g/mol. The lowest BCUT2D eigenvalue weighted by Crippen LogP contribution is -2.49. The number of aliphatic hydroxyl groups excluding tert-OH is 4. The van der Waals surface area contributed by atoms with Crippen molar-refractivity contribution in [3.8, 4) is 0 Å². The molecule has 0 saturated heterocycles. The van der Waals surface area contributed by atoms with Crippen LogP contribution in [0.5, 0.6) is 0 Å². The molecule has 20 saturated carbocycles. The quantitative estimate of drug-likeness (QED) is 0.0145. The molecule has 0 unspecified atom stereocenters. The Morgan fingerprint density at radius 2 is 0.439 bits per heavy atom. The van der Waals surface area contributed by atoms with Crippen molar-refractivity contribution in [3.63, 3.8) is 0 Å². The van der Waals surface area contributed by atoms with Gasteiger partial charge in [0.1, 0.15) is 26.4 Å². The van der Waals surface area contributed by atoms with Gasteiger partial charge in [-0.1, -0.05) is 0 Å². The van der Waals surface area contributed by atoms with Crippen LogP contribution in [0.1, 0.15) is 218 Å². The number of hydrogen-bond acceptors (Lipinski definition) is 22. The smallest absolute Gasteiger partial charge is 0.306 e. The highest BCUT2D eigenvalue weighted by molar-refractivity contribution is 5.72. The molecule has 22 heteroatoms. The first-order valence-electron chi connectivity index (χ1n) is 42.7. The first-order valence-corrected chi connectivity index (χ1v) is 42.7. The predicted molar refractivity (Wildman–Crippen MR) is 394 cm³/mol. The molecule has 20 fully saturated rings. The summed E-state index contributed by atoms with van der Waals surface area (Å²) in [5.74, 6) is 11.4. The van der Waals surface area contributed by atoms with E-state index in [0.29, 0.717) is 25.7 Å². The summed E-state index contributed by atoms with van der Waals surface area (Å²) in [5.41, 5.74) is -0.941. The highest BCUT2D eigenvalue weighted by atomic mass is 16.6. The molecule has 20 rings (SSSR count). The van der Waals surface area contributed by atoms with E-state index in [2.05, 4.69) is 4.99 Å². The zero-order valence-electron chi connectivity index (χ0n) is 64.8. The van der Waals surface area contributed by atoms with Gasteiger partial charge in [-0.2, -0.15) is 4.99 Å². The number of aliphatic hydroxyl groups is 4. The van der Waals surface area contributed by atoms with Gasteiger partial charge in [-0.15, -0.1) is 0 Å². The average molecular weight is 1510 g/mol. The fourth-order valence-corrected chi connectivity index (χ4v) is 27.7. The van der Waals surface area contributed by atoms with E-state index in [0.717, 1.165) is 166 Å². The molecule has 0 spiro atoms. The topological polar surface area (TPSA) is 289 Å². The van der Waals surface area contributed by atoms with Crippen LogP contribution in [-0.4, -0.2) is 214 Å². The maximum atomic E-state index is 13.3. The van der Waals surface area contributed by atoms with Crippen LogP contribution in [0.15, 0.2) is 4.99 Å². The molecule has 4 N–H and O–H groups in total. The Balaban J connectivity index is 0.000000243. The normalized spacial score (nSPS) is 37.5. The van der Waals surface area contributed by atoms with E-state index in [1.807, 2.05) is 0 Å². The number of rotatable bonds is 45. The standard InChI is InChI=1S/C61H92O12.C13H28O8.C11H15NO/c62-53(33-57-21-41-9-42(22-57)11-43(10-41)23-57)70-5-1-66-37-61(38-67-2-6-71-54(63)34-58-24-44-12-45(25-58)14-46(13-44)26-58,39-68-3-7-72-55(64)35-59-27-47-15-48(28-59)17-49(16-47)29-59)40-69-4-8-73-56(65)36-60-30-50-18-51(31-60)20-52(19-50)32-60;14-1-5-18-9-13(10-19-6-2-15,11-20-7-3-16)12-21-8-4-17;13-7-12-11-4-8-1-9(5-11)3-10(2-8)6-11/h41-52H,1-40H2;14-17H,1-12H2;8-10H,1-6H2. The van der Waals surface area contributed by atoms with Crippen LogP contribution < -0.4 is 0 Å². The second-order valence-corrected chi connectivity index (χ2v) is 38.9. The molecule has 0 heterocycles. The van der Waals surface area contributed by atoms with Gasteiger partial charge in [0.05, 0.1) is 174 Å². The van der Waals surface area contributed by atoms with Gasteiger partial charge in [0.15, 0.2) is 0 Å². The van der Waals surface area contributed by atoms with Crippen molar-refractivity contribution < 1.29 is 101 Å². The summed E-state index contributed by atoms with van der Waals surface area (Å²) in [6.07, 6.45) is 41.6. The average Bonchev–Trinajstić information content (AvgIpc) is 0.774.